The van der Waals surface area contributed by atoms with Crippen LogP contribution in [0.1, 0.15) is 30.1 Å². The van der Waals surface area contributed by atoms with Gasteiger partial charge in [-0.05, 0) is 37.5 Å². The van der Waals surface area contributed by atoms with E-state index in [0.29, 0.717) is 31.9 Å². The summed E-state index contributed by atoms with van der Waals surface area (Å²) in [5.41, 5.74) is -0.422. The average Bonchev–Trinajstić information content (AvgIpc) is 3.04. The molecule has 2 aromatic rings. The number of rotatable bonds is 7. The third-order valence-corrected chi connectivity index (χ3v) is 4.56. The number of hydrogen-bond acceptors (Lipinski definition) is 6. The normalized spacial score (nSPS) is 20.4. The number of carbonyl (C=O) groups excluding carboxylic acids is 1. The Kier molecular flexibility index (Phi) is 5.53. The topological polar surface area (TPSA) is 103 Å². The van der Waals surface area contributed by atoms with Gasteiger partial charge < -0.3 is 20.1 Å². The number of amides is 1. The minimum atomic E-state index is -1.40. The number of likely N-dealkylation sites (tertiary alicyclic amines) is 1. The molecule has 1 atom stereocenters. The molecule has 1 aliphatic rings. The molecule has 3 rings (SSSR count). The third-order valence-electron chi connectivity index (χ3n) is 4.56. The number of methoxy groups -OCH3 is 1. The molecule has 0 aliphatic carbocycles. The number of carbonyl (C=O) groups is 1. The van der Waals surface area contributed by atoms with Crippen molar-refractivity contribution >= 4 is 5.91 Å². The van der Waals surface area contributed by atoms with Crippen molar-refractivity contribution in [3.63, 3.8) is 0 Å². The standard InChI is InChI=1S/C18H25N5O3/c1-13-20-16(22-21-13)10-19-12-18(25)7-4-8-23(17(18)24)11-14-5-3-6-15(9-14)26-2/h3,5-6,9,19,25H,4,7-8,10-12H2,1-2H3,(H,20,21,22). The van der Waals surface area contributed by atoms with Crippen molar-refractivity contribution in [1.29, 1.82) is 0 Å². The molecule has 0 spiro atoms. The van der Waals surface area contributed by atoms with Crippen LogP contribution in [0.15, 0.2) is 24.3 Å². The molecule has 1 aromatic heterocycles. The number of benzene rings is 1. The molecule has 0 bridgehead atoms. The second-order valence-corrected chi connectivity index (χ2v) is 6.65. The predicted octanol–water partition coefficient (Wildman–Crippen LogP) is 0.765. The first-order valence-corrected chi connectivity index (χ1v) is 8.73. The van der Waals surface area contributed by atoms with Gasteiger partial charge in [0.15, 0.2) is 11.4 Å². The fraction of sp³-hybridized carbons (Fsp3) is 0.500. The first-order chi connectivity index (χ1) is 12.5. The maximum atomic E-state index is 12.8. The van der Waals surface area contributed by atoms with Crippen molar-refractivity contribution < 1.29 is 14.6 Å². The highest BCUT2D eigenvalue weighted by molar-refractivity contribution is 5.86. The van der Waals surface area contributed by atoms with Gasteiger partial charge in [0, 0.05) is 19.6 Å². The molecule has 1 amide bonds. The van der Waals surface area contributed by atoms with Crippen LogP contribution >= 0.6 is 0 Å². The Balaban J connectivity index is 1.60. The Bertz CT molecular complexity index is 763. The largest absolute Gasteiger partial charge is 0.497 e. The van der Waals surface area contributed by atoms with E-state index in [-0.39, 0.29) is 12.5 Å². The number of aromatic nitrogens is 3. The minimum absolute atomic E-state index is 0.175. The Hall–Kier alpha value is -2.45. The fourth-order valence-electron chi connectivity index (χ4n) is 3.22. The SMILES string of the molecule is COc1cccc(CN2CCCC(O)(CNCc3n[nH]c(C)n3)C2=O)c1. The molecule has 8 nitrogen and oxygen atoms in total. The number of nitrogens with zero attached hydrogens (tertiary/aromatic N) is 3. The molecule has 1 saturated heterocycles. The highest BCUT2D eigenvalue weighted by Gasteiger charge is 2.41. The van der Waals surface area contributed by atoms with Crippen molar-refractivity contribution in [2.45, 2.75) is 38.5 Å². The lowest BCUT2D eigenvalue weighted by Gasteiger charge is -2.38. The van der Waals surface area contributed by atoms with E-state index in [1.54, 1.807) is 12.0 Å². The van der Waals surface area contributed by atoms with Gasteiger partial charge >= 0.3 is 0 Å². The van der Waals surface area contributed by atoms with Crippen molar-refractivity contribution in [3.05, 3.63) is 41.5 Å². The number of aliphatic hydroxyl groups is 1. The lowest BCUT2D eigenvalue weighted by atomic mass is 9.91. The number of aryl methyl sites for hydroxylation is 1. The highest BCUT2D eigenvalue weighted by Crippen LogP contribution is 2.24. The molecule has 1 aliphatic heterocycles. The summed E-state index contributed by atoms with van der Waals surface area (Å²) in [4.78, 5) is 18.7. The van der Waals surface area contributed by atoms with Crippen molar-refractivity contribution in [1.82, 2.24) is 25.4 Å². The number of hydrogen-bond donors (Lipinski definition) is 3. The third kappa shape index (κ3) is 4.20. The van der Waals surface area contributed by atoms with E-state index in [0.717, 1.165) is 23.6 Å². The van der Waals surface area contributed by atoms with Crippen LogP contribution in [-0.4, -0.2) is 56.9 Å². The molecular formula is C18H25N5O3. The van der Waals surface area contributed by atoms with Crippen LogP contribution in [0, 0.1) is 6.92 Å². The van der Waals surface area contributed by atoms with Crippen LogP contribution in [0.3, 0.4) is 0 Å². The van der Waals surface area contributed by atoms with E-state index in [1.807, 2.05) is 31.2 Å². The molecule has 1 aromatic carbocycles. The predicted molar refractivity (Wildman–Crippen MR) is 95.4 cm³/mol. The second-order valence-electron chi connectivity index (χ2n) is 6.65. The molecule has 26 heavy (non-hydrogen) atoms. The number of piperidine rings is 1. The molecule has 0 saturated carbocycles. The van der Waals surface area contributed by atoms with Gasteiger partial charge in [-0.2, -0.15) is 5.10 Å². The maximum absolute atomic E-state index is 12.8. The van der Waals surface area contributed by atoms with Gasteiger partial charge in [0.05, 0.1) is 13.7 Å². The van der Waals surface area contributed by atoms with E-state index in [1.165, 1.54) is 0 Å². The average molecular weight is 359 g/mol. The quantitative estimate of drug-likeness (QED) is 0.675. The van der Waals surface area contributed by atoms with Crippen LogP contribution in [0.2, 0.25) is 0 Å². The van der Waals surface area contributed by atoms with Gasteiger partial charge in [-0.3, -0.25) is 9.89 Å². The molecule has 8 heteroatoms. The summed E-state index contributed by atoms with van der Waals surface area (Å²) in [6.07, 6.45) is 1.20. The fourth-order valence-corrected chi connectivity index (χ4v) is 3.22. The summed E-state index contributed by atoms with van der Waals surface area (Å²) in [6, 6.07) is 7.62. The first kappa shape index (κ1) is 18.3. The van der Waals surface area contributed by atoms with Gasteiger partial charge in [-0.1, -0.05) is 12.1 Å². The number of ether oxygens (including phenoxy) is 1. The zero-order valence-corrected chi connectivity index (χ0v) is 15.2. The molecular weight excluding hydrogens is 334 g/mol. The van der Waals surface area contributed by atoms with E-state index in [9.17, 15) is 9.90 Å². The molecule has 140 valence electrons. The van der Waals surface area contributed by atoms with Gasteiger partial charge in [-0.15, -0.1) is 0 Å². The molecule has 0 radical (unpaired) electrons. The van der Waals surface area contributed by atoms with Crippen molar-refractivity contribution in [3.8, 4) is 5.75 Å². The summed E-state index contributed by atoms with van der Waals surface area (Å²) in [6.45, 7) is 3.49. The summed E-state index contributed by atoms with van der Waals surface area (Å²) in [7, 11) is 1.62. The van der Waals surface area contributed by atoms with Crippen molar-refractivity contribution in [2.24, 2.45) is 0 Å². The summed E-state index contributed by atoms with van der Waals surface area (Å²) in [5, 5.41) is 20.8. The minimum Gasteiger partial charge on any atom is -0.497 e. The Morgan fingerprint density at radius 1 is 1.46 bits per heavy atom. The van der Waals surface area contributed by atoms with Gasteiger partial charge in [-0.25, -0.2) is 4.98 Å². The van der Waals surface area contributed by atoms with Crippen molar-refractivity contribution in [2.75, 3.05) is 20.2 Å². The lowest BCUT2D eigenvalue weighted by molar-refractivity contribution is -0.157. The molecule has 1 unspecified atom stereocenters. The Morgan fingerprint density at radius 3 is 3.04 bits per heavy atom. The van der Waals surface area contributed by atoms with Gasteiger partial charge in [0.2, 0.25) is 0 Å². The smallest absolute Gasteiger partial charge is 0.256 e. The number of H-pyrrole nitrogens is 1. The molecule has 1 fully saturated rings. The van der Waals surface area contributed by atoms with Crippen LogP contribution in [0.4, 0.5) is 0 Å². The zero-order chi connectivity index (χ0) is 18.6. The number of aromatic amines is 1. The molecule has 2 heterocycles. The highest BCUT2D eigenvalue weighted by atomic mass is 16.5. The lowest BCUT2D eigenvalue weighted by Crippen LogP contribution is -2.57. The van der Waals surface area contributed by atoms with E-state index in [4.69, 9.17) is 4.74 Å². The van der Waals surface area contributed by atoms with E-state index >= 15 is 0 Å². The van der Waals surface area contributed by atoms with Crippen LogP contribution in [0.25, 0.3) is 0 Å². The summed E-state index contributed by atoms with van der Waals surface area (Å²) >= 11 is 0. The molecule has 3 N–H and O–H groups in total. The van der Waals surface area contributed by atoms with Gasteiger partial charge in [0.25, 0.3) is 5.91 Å². The summed E-state index contributed by atoms with van der Waals surface area (Å²) in [5.74, 6) is 1.86. The van der Waals surface area contributed by atoms with E-state index < -0.39 is 5.60 Å². The van der Waals surface area contributed by atoms with Gasteiger partial charge in [0.1, 0.15) is 11.6 Å². The first-order valence-electron chi connectivity index (χ1n) is 8.73. The Morgan fingerprint density at radius 2 is 2.31 bits per heavy atom. The second kappa shape index (κ2) is 7.84. The maximum Gasteiger partial charge on any atom is 0.256 e. The zero-order valence-electron chi connectivity index (χ0n) is 15.2. The Labute approximate surface area is 152 Å². The monoisotopic (exact) mass is 359 g/mol. The summed E-state index contributed by atoms with van der Waals surface area (Å²) < 4.78 is 5.23. The van der Waals surface area contributed by atoms with Crippen LogP contribution < -0.4 is 10.1 Å². The van der Waals surface area contributed by atoms with E-state index in [2.05, 4.69) is 20.5 Å². The number of nitrogens with one attached hydrogen (secondary N) is 2. The van der Waals surface area contributed by atoms with Crippen LogP contribution in [0.5, 0.6) is 5.75 Å². The van der Waals surface area contributed by atoms with Crippen LogP contribution in [-0.2, 0) is 17.9 Å².